The van der Waals surface area contributed by atoms with Crippen molar-refractivity contribution in [2.24, 2.45) is 0 Å². The molecule has 0 spiro atoms. The van der Waals surface area contributed by atoms with Crippen LogP contribution in [0.25, 0.3) is 0 Å². The summed E-state index contributed by atoms with van der Waals surface area (Å²) in [4.78, 5) is 10.8. The van der Waals surface area contributed by atoms with Crippen LogP contribution in [0.5, 0.6) is 0 Å². The lowest BCUT2D eigenvalue weighted by Crippen LogP contribution is -2.01. The zero-order valence-corrected chi connectivity index (χ0v) is 9.61. The lowest BCUT2D eigenvalue weighted by molar-refractivity contribution is -0.139. The number of hydrogen-bond acceptors (Lipinski definition) is 2. The van der Waals surface area contributed by atoms with E-state index in [0.717, 1.165) is 0 Å². The molecule has 0 aromatic heterocycles. The van der Waals surface area contributed by atoms with Gasteiger partial charge in [0.15, 0.2) is 0 Å². The molecule has 0 saturated carbocycles. The molecular weight excluding hydrogens is 255 g/mol. The maximum atomic E-state index is 10.8. The molecule has 0 amide bonds. The van der Waals surface area contributed by atoms with Gasteiger partial charge in [-0.15, -0.1) is 0 Å². The van der Waals surface area contributed by atoms with E-state index < -0.39 is 0 Å². The Morgan fingerprint density at radius 2 is 2.23 bits per heavy atom. The third-order valence-electron chi connectivity index (χ3n) is 1.28. The fourth-order valence-electron chi connectivity index (χ4n) is 0.582. The molecule has 0 heterocycles. The van der Waals surface area contributed by atoms with Crippen molar-refractivity contribution >= 4 is 33.5 Å². The van der Waals surface area contributed by atoms with Crippen LogP contribution in [0.4, 0.5) is 0 Å². The number of methoxy groups -OCH3 is 1. The summed E-state index contributed by atoms with van der Waals surface area (Å²) >= 11 is 8.93. The summed E-state index contributed by atoms with van der Waals surface area (Å²) in [6, 6.07) is 0. The van der Waals surface area contributed by atoms with E-state index in [1.807, 2.05) is 0 Å². The molecule has 0 aromatic carbocycles. The number of ether oxygens (including phenoxy) is 1. The maximum Gasteiger partial charge on any atom is 0.309 e. The van der Waals surface area contributed by atoms with E-state index in [4.69, 9.17) is 11.6 Å². The summed E-state index contributed by atoms with van der Waals surface area (Å²) in [7, 11) is 1.32. The number of carbonyl (C=O) groups excluding carboxylic acids is 1. The molecule has 0 rings (SSSR count). The van der Waals surface area contributed by atoms with Crippen molar-refractivity contribution in [2.45, 2.75) is 6.42 Å². The molecule has 0 saturated heterocycles. The van der Waals surface area contributed by atoms with Crippen molar-refractivity contribution in [3.63, 3.8) is 0 Å². The Bertz CT molecular complexity index is 269. The van der Waals surface area contributed by atoms with Crippen LogP contribution in [0.1, 0.15) is 6.42 Å². The second-order valence-corrected chi connectivity index (χ2v) is 3.42. The van der Waals surface area contributed by atoms with Crippen LogP contribution in [0.3, 0.4) is 0 Å². The van der Waals surface area contributed by atoms with E-state index in [0.29, 0.717) is 15.1 Å². The minimum absolute atomic E-state index is 0.112. The molecular formula is C9H10BrClO2. The molecule has 0 fully saturated rings. The van der Waals surface area contributed by atoms with E-state index in [2.05, 4.69) is 33.8 Å². The van der Waals surface area contributed by atoms with E-state index in [1.54, 1.807) is 0 Å². The van der Waals surface area contributed by atoms with Gasteiger partial charge in [0.1, 0.15) is 0 Å². The number of rotatable bonds is 4. The number of esters is 1. The zero-order chi connectivity index (χ0) is 10.4. The second-order valence-electron chi connectivity index (χ2n) is 2.22. The molecule has 13 heavy (non-hydrogen) atoms. The fraction of sp³-hybridized carbons (Fsp3) is 0.222. The first-order valence-corrected chi connectivity index (χ1v) is 4.62. The van der Waals surface area contributed by atoms with Crippen LogP contribution in [0.2, 0.25) is 0 Å². The summed E-state index contributed by atoms with van der Waals surface area (Å²) in [5.41, 5.74) is 0.566. The van der Waals surface area contributed by atoms with Crippen LogP contribution in [-0.4, -0.2) is 13.1 Å². The smallest absolute Gasteiger partial charge is 0.309 e. The zero-order valence-electron chi connectivity index (χ0n) is 7.27. The first-order chi connectivity index (χ1) is 6.02. The van der Waals surface area contributed by atoms with Crippen molar-refractivity contribution in [1.82, 2.24) is 0 Å². The van der Waals surface area contributed by atoms with Crippen molar-refractivity contribution < 1.29 is 9.53 Å². The van der Waals surface area contributed by atoms with Gasteiger partial charge in [-0.3, -0.25) is 4.79 Å². The number of allylic oxidation sites excluding steroid dienone is 3. The number of hydrogen-bond donors (Lipinski definition) is 0. The molecule has 0 bridgehead atoms. The van der Waals surface area contributed by atoms with Gasteiger partial charge in [-0.25, -0.2) is 0 Å². The quantitative estimate of drug-likeness (QED) is 0.576. The minimum atomic E-state index is -0.351. The Kier molecular flexibility index (Phi) is 5.75. The fourth-order valence-corrected chi connectivity index (χ4v) is 1.02. The van der Waals surface area contributed by atoms with Crippen LogP contribution < -0.4 is 0 Å². The summed E-state index contributed by atoms with van der Waals surface area (Å²) < 4.78 is 5.05. The van der Waals surface area contributed by atoms with Gasteiger partial charge in [0.2, 0.25) is 0 Å². The first-order valence-electron chi connectivity index (χ1n) is 3.45. The molecule has 0 N–H and O–H groups in total. The lowest BCUT2D eigenvalue weighted by Gasteiger charge is -2.03. The summed E-state index contributed by atoms with van der Waals surface area (Å²) in [5, 5.41) is 0.425. The predicted molar refractivity (Wildman–Crippen MR) is 57.8 cm³/mol. The highest BCUT2D eigenvalue weighted by Crippen LogP contribution is 2.25. The Morgan fingerprint density at radius 3 is 2.62 bits per heavy atom. The normalized spacial score (nSPS) is 11.6. The Labute approximate surface area is 91.0 Å². The molecule has 0 aliphatic carbocycles. The molecule has 0 radical (unpaired) electrons. The highest BCUT2D eigenvalue weighted by atomic mass is 79.9. The van der Waals surface area contributed by atoms with Crippen molar-refractivity contribution in [3.05, 3.63) is 34.3 Å². The highest BCUT2D eigenvalue weighted by molar-refractivity contribution is 9.12. The number of carbonyl (C=O) groups is 1. The van der Waals surface area contributed by atoms with E-state index >= 15 is 0 Å². The first kappa shape index (κ1) is 12.5. The van der Waals surface area contributed by atoms with Crippen LogP contribution in [-0.2, 0) is 9.53 Å². The topological polar surface area (TPSA) is 26.3 Å². The SMILES string of the molecule is C=C/C(Cl)=C(/Br)C(=C)CC(=O)OC. The molecule has 0 aliphatic heterocycles. The molecule has 4 heteroatoms. The Morgan fingerprint density at radius 1 is 1.69 bits per heavy atom. The van der Waals surface area contributed by atoms with Gasteiger partial charge < -0.3 is 4.74 Å². The van der Waals surface area contributed by atoms with E-state index in [1.165, 1.54) is 13.2 Å². The standard InChI is InChI=1S/C9H10BrClO2/c1-4-7(11)9(10)6(2)5-8(12)13-3/h4H,1-2,5H2,3H3/b9-7-. The van der Waals surface area contributed by atoms with E-state index in [9.17, 15) is 4.79 Å². The summed E-state index contributed by atoms with van der Waals surface area (Å²) in [5.74, 6) is -0.351. The maximum absolute atomic E-state index is 10.8. The van der Waals surface area contributed by atoms with Gasteiger partial charge in [-0.1, -0.05) is 24.8 Å². The largest absolute Gasteiger partial charge is 0.469 e. The Balaban J connectivity index is 4.45. The van der Waals surface area contributed by atoms with Crippen molar-refractivity contribution in [1.29, 1.82) is 0 Å². The van der Waals surface area contributed by atoms with Gasteiger partial charge in [0, 0.05) is 4.48 Å². The van der Waals surface area contributed by atoms with Gasteiger partial charge in [0.05, 0.1) is 18.6 Å². The third-order valence-corrected chi connectivity index (χ3v) is 2.84. The molecule has 72 valence electrons. The summed E-state index contributed by atoms with van der Waals surface area (Å²) in [6.45, 7) is 7.16. The molecule has 2 nitrogen and oxygen atoms in total. The predicted octanol–water partition coefficient (Wildman–Crippen LogP) is 3.14. The highest BCUT2D eigenvalue weighted by Gasteiger charge is 2.08. The van der Waals surface area contributed by atoms with Crippen LogP contribution >= 0.6 is 27.5 Å². The average Bonchev–Trinajstić information content (AvgIpc) is 2.14. The Hall–Kier alpha value is -0.540. The molecule has 0 aromatic rings. The van der Waals surface area contributed by atoms with E-state index in [-0.39, 0.29) is 12.4 Å². The monoisotopic (exact) mass is 264 g/mol. The van der Waals surface area contributed by atoms with Crippen molar-refractivity contribution in [2.75, 3.05) is 7.11 Å². The van der Waals surface area contributed by atoms with Crippen LogP contribution in [0.15, 0.2) is 34.3 Å². The van der Waals surface area contributed by atoms with Gasteiger partial charge >= 0.3 is 5.97 Å². The van der Waals surface area contributed by atoms with Crippen LogP contribution in [0, 0.1) is 0 Å². The van der Waals surface area contributed by atoms with Gasteiger partial charge in [0.25, 0.3) is 0 Å². The lowest BCUT2D eigenvalue weighted by atomic mass is 10.2. The van der Waals surface area contributed by atoms with Gasteiger partial charge in [-0.05, 0) is 27.6 Å². The molecule has 0 unspecified atom stereocenters. The number of halogens is 2. The van der Waals surface area contributed by atoms with Crippen molar-refractivity contribution in [3.8, 4) is 0 Å². The minimum Gasteiger partial charge on any atom is -0.469 e. The van der Waals surface area contributed by atoms with Gasteiger partial charge in [-0.2, -0.15) is 0 Å². The average molecular weight is 266 g/mol. The molecule has 0 aliphatic rings. The summed E-state index contributed by atoms with van der Waals surface area (Å²) in [6.07, 6.45) is 1.58. The third kappa shape index (κ3) is 4.29. The second kappa shape index (κ2) is 6.00. The molecule has 0 atom stereocenters.